The number of benzene rings is 1. The second-order valence-corrected chi connectivity index (χ2v) is 5.96. The monoisotopic (exact) mass is 364 g/mol. The Balaban J connectivity index is 1.90. The first-order valence-corrected chi connectivity index (χ1v) is 8.36. The minimum atomic E-state index is -0.602. The molecule has 0 aliphatic carbocycles. The van der Waals surface area contributed by atoms with Gasteiger partial charge in [0.2, 0.25) is 0 Å². The van der Waals surface area contributed by atoms with Crippen molar-refractivity contribution in [2.24, 2.45) is 0 Å². The molecule has 7 nitrogen and oxygen atoms in total. The summed E-state index contributed by atoms with van der Waals surface area (Å²) in [6.45, 7) is 2.23. The number of halogens is 1. The van der Waals surface area contributed by atoms with Gasteiger partial charge >= 0.3 is 5.69 Å². The molecule has 0 fully saturated rings. The van der Waals surface area contributed by atoms with Crippen LogP contribution in [-0.2, 0) is 0 Å². The standard InChI is InChI=1S/C19H13FN4O3/c1-2-26-13-5-7-21-18-16(13)24(19(25)23-18)12-4-3-11-14(15(12)20)17-10(9-22-11)6-8-27-17/h3-9H,2H2,1H3,(H,21,23,25). The summed E-state index contributed by atoms with van der Waals surface area (Å²) < 4.78 is 27.8. The van der Waals surface area contributed by atoms with Crippen LogP contribution in [0.2, 0.25) is 0 Å². The Labute approximate surface area is 151 Å². The lowest BCUT2D eigenvalue weighted by molar-refractivity contribution is 0.343. The topological polar surface area (TPSA) is 85.9 Å². The molecule has 8 heteroatoms. The summed E-state index contributed by atoms with van der Waals surface area (Å²) in [6, 6.07) is 6.51. The number of ether oxygens (including phenoxy) is 1. The first-order valence-electron chi connectivity index (χ1n) is 8.36. The van der Waals surface area contributed by atoms with Gasteiger partial charge in [-0.3, -0.25) is 14.5 Å². The maximum atomic E-state index is 15.5. The van der Waals surface area contributed by atoms with Crippen LogP contribution in [0.5, 0.6) is 5.75 Å². The van der Waals surface area contributed by atoms with E-state index in [1.54, 1.807) is 24.4 Å². The highest BCUT2D eigenvalue weighted by molar-refractivity contribution is 6.03. The van der Waals surface area contributed by atoms with Gasteiger partial charge in [0.25, 0.3) is 0 Å². The molecule has 5 aromatic rings. The quantitative estimate of drug-likeness (QED) is 0.529. The molecular weight excluding hydrogens is 351 g/mol. The average molecular weight is 364 g/mol. The fourth-order valence-corrected chi connectivity index (χ4v) is 3.32. The van der Waals surface area contributed by atoms with Crippen LogP contribution >= 0.6 is 0 Å². The normalized spacial score (nSPS) is 11.6. The third-order valence-electron chi connectivity index (χ3n) is 4.45. The maximum absolute atomic E-state index is 15.5. The Morgan fingerprint density at radius 2 is 2.15 bits per heavy atom. The molecule has 1 N–H and O–H groups in total. The minimum absolute atomic E-state index is 0.0680. The second kappa shape index (κ2) is 5.66. The van der Waals surface area contributed by atoms with Gasteiger partial charge in [-0.05, 0) is 25.1 Å². The number of rotatable bonds is 3. The molecule has 0 saturated carbocycles. The zero-order chi connectivity index (χ0) is 18.5. The van der Waals surface area contributed by atoms with Crippen LogP contribution < -0.4 is 10.4 Å². The number of imidazole rings is 1. The lowest BCUT2D eigenvalue weighted by Crippen LogP contribution is -2.16. The molecule has 0 aliphatic heterocycles. The molecule has 0 bridgehead atoms. The van der Waals surface area contributed by atoms with Crippen LogP contribution in [0.4, 0.5) is 4.39 Å². The van der Waals surface area contributed by atoms with Gasteiger partial charge in [0.15, 0.2) is 11.5 Å². The smallest absolute Gasteiger partial charge is 0.332 e. The Hall–Kier alpha value is -3.68. The summed E-state index contributed by atoms with van der Waals surface area (Å²) in [7, 11) is 0. The van der Waals surface area contributed by atoms with Gasteiger partial charge in [-0.25, -0.2) is 14.2 Å². The molecule has 0 spiro atoms. The molecule has 0 unspecified atom stereocenters. The zero-order valence-electron chi connectivity index (χ0n) is 14.2. The van der Waals surface area contributed by atoms with Gasteiger partial charge in [0.1, 0.15) is 16.8 Å². The largest absolute Gasteiger partial charge is 0.491 e. The van der Waals surface area contributed by atoms with Gasteiger partial charge in [0, 0.05) is 23.8 Å². The Morgan fingerprint density at radius 1 is 1.26 bits per heavy atom. The predicted molar refractivity (Wildman–Crippen MR) is 97.9 cm³/mol. The van der Waals surface area contributed by atoms with Gasteiger partial charge in [-0.2, -0.15) is 0 Å². The highest BCUT2D eigenvalue weighted by Gasteiger charge is 2.20. The van der Waals surface area contributed by atoms with Crippen molar-refractivity contribution in [1.82, 2.24) is 19.5 Å². The van der Waals surface area contributed by atoms with Crippen LogP contribution in [0.25, 0.3) is 38.7 Å². The SMILES string of the molecule is CCOc1ccnc2[nH]c(=O)n(-c3ccc4ncc5ccoc5c4c3F)c12. The number of fused-ring (bicyclic) bond motifs is 4. The molecule has 0 aliphatic rings. The minimum Gasteiger partial charge on any atom is -0.491 e. The number of pyridine rings is 2. The van der Waals surface area contributed by atoms with Crippen molar-refractivity contribution in [1.29, 1.82) is 0 Å². The number of hydrogen-bond donors (Lipinski definition) is 1. The Morgan fingerprint density at radius 3 is 3.00 bits per heavy atom. The van der Waals surface area contributed by atoms with E-state index in [4.69, 9.17) is 9.15 Å². The van der Waals surface area contributed by atoms with E-state index in [0.717, 1.165) is 0 Å². The summed E-state index contributed by atoms with van der Waals surface area (Å²) in [5.74, 6) is -0.162. The third-order valence-corrected chi connectivity index (χ3v) is 4.45. The van der Waals surface area contributed by atoms with Crippen LogP contribution in [0, 0.1) is 5.82 Å². The molecule has 4 aromatic heterocycles. The fraction of sp³-hybridized carbons (Fsp3) is 0.105. The molecule has 0 atom stereocenters. The van der Waals surface area contributed by atoms with E-state index in [1.807, 2.05) is 6.92 Å². The van der Waals surface area contributed by atoms with Crippen molar-refractivity contribution in [3.05, 3.63) is 59.2 Å². The number of H-pyrrole nitrogens is 1. The van der Waals surface area contributed by atoms with Gasteiger partial charge < -0.3 is 9.15 Å². The van der Waals surface area contributed by atoms with Crippen molar-refractivity contribution in [3.8, 4) is 11.4 Å². The number of aromatic nitrogens is 4. The van der Waals surface area contributed by atoms with Gasteiger partial charge in [-0.15, -0.1) is 0 Å². The maximum Gasteiger partial charge on any atom is 0.332 e. The lowest BCUT2D eigenvalue weighted by Gasteiger charge is -2.10. The number of nitrogens with one attached hydrogen (secondary N) is 1. The average Bonchev–Trinajstić information content (AvgIpc) is 3.26. The van der Waals surface area contributed by atoms with Crippen LogP contribution in [0.1, 0.15) is 6.92 Å². The van der Waals surface area contributed by atoms with Gasteiger partial charge in [-0.1, -0.05) is 0 Å². The summed E-state index contributed by atoms with van der Waals surface area (Å²) in [4.78, 5) is 23.7. The molecule has 4 heterocycles. The Kier molecular flexibility index (Phi) is 3.27. The Bertz CT molecular complexity index is 1380. The van der Waals surface area contributed by atoms with Crippen LogP contribution in [-0.4, -0.2) is 26.1 Å². The fourth-order valence-electron chi connectivity index (χ4n) is 3.32. The second-order valence-electron chi connectivity index (χ2n) is 5.96. The highest BCUT2D eigenvalue weighted by atomic mass is 19.1. The molecule has 27 heavy (non-hydrogen) atoms. The van der Waals surface area contributed by atoms with Crippen molar-refractivity contribution >= 4 is 33.0 Å². The molecule has 0 radical (unpaired) electrons. The van der Waals surface area contributed by atoms with Crippen molar-refractivity contribution in [2.75, 3.05) is 6.61 Å². The first kappa shape index (κ1) is 15.6. The van der Waals surface area contributed by atoms with Gasteiger partial charge in [0.05, 0.1) is 29.5 Å². The van der Waals surface area contributed by atoms with E-state index in [0.29, 0.717) is 40.0 Å². The summed E-state index contributed by atoms with van der Waals surface area (Å²) >= 11 is 0. The van der Waals surface area contributed by atoms with E-state index in [1.165, 1.54) is 23.1 Å². The van der Waals surface area contributed by atoms with Crippen molar-refractivity contribution in [2.45, 2.75) is 6.92 Å². The predicted octanol–water partition coefficient (Wildman–Crippen LogP) is 3.55. The van der Waals surface area contributed by atoms with E-state index in [2.05, 4.69) is 15.0 Å². The number of hydrogen-bond acceptors (Lipinski definition) is 5. The zero-order valence-corrected chi connectivity index (χ0v) is 14.2. The summed E-state index contributed by atoms with van der Waals surface area (Å²) in [5.41, 5.74) is 1.08. The number of aromatic amines is 1. The lowest BCUT2D eigenvalue weighted by atomic mass is 10.1. The van der Waals surface area contributed by atoms with Crippen LogP contribution in [0.15, 0.2) is 52.1 Å². The summed E-state index contributed by atoms with van der Waals surface area (Å²) in [5, 5.41) is 0.902. The molecule has 0 saturated heterocycles. The van der Waals surface area contributed by atoms with Crippen molar-refractivity contribution < 1.29 is 13.5 Å². The number of furan rings is 1. The van der Waals surface area contributed by atoms with E-state index in [9.17, 15) is 4.79 Å². The van der Waals surface area contributed by atoms with Crippen LogP contribution in [0.3, 0.4) is 0 Å². The molecule has 0 amide bonds. The van der Waals surface area contributed by atoms with E-state index in [-0.39, 0.29) is 11.1 Å². The molecule has 134 valence electrons. The first-order chi connectivity index (χ1) is 13.2. The van der Waals surface area contributed by atoms with Crippen molar-refractivity contribution in [3.63, 3.8) is 0 Å². The molecule has 5 rings (SSSR count). The van der Waals surface area contributed by atoms with E-state index >= 15 is 4.39 Å². The van der Waals surface area contributed by atoms with E-state index < -0.39 is 11.5 Å². The number of nitrogens with zero attached hydrogens (tertiary/aromatic N) is 3. The highest BCUT2D eigenvalue weighted by Crippen LogP contribution is 2.32. The molecule has 1 aromatic carbocycles. The molecular formula is C19H13FN4O3. The third kappa shape index (κ3) is 2.16. The summed E-state index contributed by atoms with van der Waals surface area (Å²) in [6.07, 6.45) is 4.63.